The van der Waals surface area contributed by atoms with Gasteiger partial charge in [-0.25, -0.2) is 9.07 Å². The van der Waals surface area contributed by atoms with Gasteiger partial charge in [-0.2, -0.15) is 5.10 Å². The predicted molar refractivity (Wildman–Crippen MR) is 110 cm³/mol. The van der Waals surface area contributed by atoms with Gasteiger partial charge in [-0.1, -0.05) is 18.2 Å². The highest BCUT2D eigenvalue weighted by molar-refractivity contribution is 8.00. The molecule has 150 valence electrons. The van der Waals surface area contributed by atoms with Crippen molar-refractivity contribution in [3.8, 4) is 5.69 Å². The lowest BCUT2D eigenvalue weighted by molar-refractivity contribution is -0.146. The summed E-state index contributed by atoms with van der Waals surface area (Å²) in [6, 6.07) is 16.9. The molecule has 29 heavy (non-hydrogen) atoms. The Kier molecular flexibility index (Phi) is 6.66. The van der Waals surface area contributed by atoms with Gasteiger partial charge >= 0.3 is 5.97 Å². The number of halogens is 1. The van der Waals surface area contributed by atoms with E-state index in [0.29, 0.717) is 17.2 Å². The minimum absolute atomic E-state index is 0.363. The molecular weight excluding hydrogens is 393 g/mol. The zero-order valence-electron chi connectivity index (χ0n) is 16.0. The Morgan fingerprint density at radius 2 is 1.86 bits per heavy atom. The molecule has 2 aromatic carbocycles. The van der Waals surface area contributed by atoms with Crippen LogP contribution < -0.4 is 5.32 Å². The Balaban J connectivity index is 1.57. The summed E-state index contributed by atoms with van der Waals surface area (Å²) in [4.78, 5) is 25.3. The number of anilines is 1. The number of aryl methyl sites for hydroxylation is 1. The van der Waals surface area contributed by atoms with Crippen LogP contribution in [-0.2, 0) is 14.3 Å². The molecule has 8 heteroatoms. The largest absolute Gasteiger partial charge is 0.455 e. The minimum atomic E-state index is -0.487. The number of carbonyl (C=O) groups is 2. The lowest BCUT2D eigenvalue weighted by Crippen LogP contribution is -2.25. The number of hydrogen-bond donors (Lipinski definition) is 1. The first-order chi connectivity index (χ1) is 13.9. The fourth-order valence-corrected chi connectivity index (χ4v) is 3.44. The van der Waals surface area contributed by atoms with Crippen molar-refractivity contribution in [2.75, 3.05) is 11.9 Å². The van der Waals surface area contributed by atoms with Crippen LogP contribution >= 0.6 is 11.8 Å². The predicted octanol–water partition coefficient (Wildman–Crippen LogP) is 3.98. The zero-order valence-corrected chi connectivity index (χ0v) is 16.8. The number of esters is 1. The average molecular weight is 413 g/mol. The number of ether oxygens (including phenoxy) is 1. The van der Waals surface area contributed by atoms with Crippen molar-refractivity contribution in [2.24, 2.45) is 0 Å². The molecule has 1 N–H and O–H groups in total. The van der Waals surface area contributed by atoms with Crippen molar-refractivity contribution in [1.82, 2.24) is 9.78 Å². The molecule has 1 atom stereocenters. The van der Waals surface area contributed by atoms with E-state index in [9.17, 15) is 14.0 Å². The molecule has 0 bridgehead atoms. The summed E-state index contributed by atoms with van der Waals surface area (Å²) < 4.78 is 19.8. The van der Waals surface area contributed by atoms with E-state index < -0.39 is 23.7 Å². The van der Waals surface area contributed by atoms with Gasteiger partial charge in [-0.05, 0) is 50.2 Å². The monoisotopic (exact) mass is 413 g/mol. The molecular formula is C21H20FN3O3S. The van der Waals surface area contributed by atoms with Gasteiger partial charge in [-0.15, -0.1) is 11.8 Å². The number of hydrogen-bond acceptors (Lipinski definition) is 5. The van der Waals surface area contributed by atoms with Gasteiger partial charge in [0.2, 0.25) is 0 Å². The lowest BCUT2D eigenvalue weighted by Gasteiger charge is -2.12. The first-order valence-corrected chi connectivity index (χ1v) is 9.81. The van der Waals surface area contributed by atoms with Crippen LogP contribution in [0.3, 0.4) is 0 Å². The van der Waals surface area contributed by atoms with E-state index in [4.69, 9.17) is 4.74 Å². The van der Waals surface area contributed by atoms with E-state index in [1.165, 1.54) is 28.6 Å². The zero-order chi connectivity index (χ0) is 20.8. The Morgan fingerprint density at radius 1 is 1.17 bits per heavy atom. The van der Waals surface area contributed by atoms with E-state index in [0.717, 1.165) is 4.90 Å². The molecule has 0 radical (unpaired) electrons. The van der Waals surface area contributed by atoms with Gasteiger partial charge in [0.05, 0.1) is 11.4 Å². The van der Waals surface area contributed by atoms with Crippen LogP contribution in [0.25, 0.3) is 5.69 Å². The molecule has 1 amide bonds. The van der Waals surface area contributed by atoms with Crippen LogP contribution in [0.4, 0.5) is 10.2 Å². The van der Waals surface area contributed by atoms with Crippen LogP contribution in [0.15, 0.2) is 65.6 Å². The van der Waals surface area contributed by atoms with E-state index >= 15 is 0 Å². The van der Waals surface area contributed by atoms with Crippen LogP contribution in [-0.4, -0.2) is 33.5 Å². The second kappa shape index (κ2) is 9.38. The van der Waals surface area contributed by atoms with Gasteiger partial charge in [0.1, 0.15) is 16.9 Å². The van der Waals surface area contributed by atoms with E-state index in [1.54, 1.807) is 32.0 Å². The number of nitrogens with one attached hydrogen (secondary N) is 1. The third-order valence-corrected chi connectivity index (χ3v) is 4.99. The smallest absolute Gasteiger partial charge is 0.319 e. The van der Waals surface area contributed by atoms with Gasteiger partial charge in [-0.3, -0.25) is 9.59 Å². The molecule has 0 aliphatic heterocycles. The number of thioether (sulfide) groups is 1. The lowest BCUT2D eigenvalue weighted by atomic mass is 10.3. The van der Waals surface area contributed by atoms with E-state index in [1.807, 2.05) is 30.3 Å². The van der Waals surface area contributed by atoms with Crippen molar-refractivity contribution in [2.45, 2.75) is 24.0 Å². The van der Waals surface area contributed by atoms with Gasteiger partial charge in [0.25, 0.3) is 5.91 Å². The third-order valence-electron chi connectivity index (χ3n) is 3.90. The van der Waals surface area contributed by atoms with Crippen LogP contribution in [0.2, 0.25) is 0 Å². The van der Waals surface area contributed by atoms with Crippen molar-refractivity contribution in [1.29, 1.82) is 0 Å². The van der Waals surface area contributed by atoms with Crippen molar-refractivity contribution < 1.29 is 18.7 Å². The maximum Gasteiger partial charge on any atom is 0.319 e. The second-order valence-electron chi connectivity index (χ2n) is 6.29. The summed E-state index contributed by atoms with van der Waals surface area (Å²) in [6.07, 6.45) is 0. The first kappa shape index (κ1) is 20.6. The summed E-state index contributed by atoms with van der Waals surface area (Å²) in [5, 5.41) is 6.53. The summed E-state index contributed by atoms with van der Waals surface area (Å²) in [5.41, 5.74) is 1.27. The molecule has 0 fully saturated rings. The number of benzene rings is 2. The molecule has 1 heterocycles. The molecule has 6 nitrogen and oxygen atoms in total. The highest BCUT2D eigenvalue weighted by atomic mass is 32.2. The fraction of sp³-hybridized carbons (Fsp3) is 0.190. The number of amides is 1. The number of aromatic nitrogens is 2. The molecule has 0 aliphatic rings. The number of nitrogens with zero attached hydrogens (tertiary/aromatic N) is 2. The van der Waals surface area contributed by atoms with Gasteiger partial charge in [0, 0.05) is 11.0 Å². The molecule has 1 unspecified atom stereocenters. The summed E-state index contributed by atoms with van der Waals surface area (Å²) in [6.45, 7) is 3.09. The molecule has 1 aromatic heterocycles. The van der Waals surface area contributed by atoms with Gasteiger partial charge in [0.15, 0.2) is 6.61 Å². The summed E-state index contributed by atoms with van der Waals surface area (Å²) >= 11 is 1.36. The highest BCUT2D eigenvalue weighted by Gasteiger charge is 2.18. The number of rotatable bonds is 7. The standard InChI is InChI=1S/C21H20FN3O3S/c1-14-12-19(25(24-14)17-10-8-16(22)9-11-17)23-20(26)13-28-21(27)15(2)29-18-6-4-3-5-7-18/h3-12,15H,13H2,1-2H3,(H,23,26). The van der Waals surface area contributed by atoms with Crippen molar-refractivity contribution in [3.05, 3.63) is 72.2 Å². The second-order valence-corrected chi connectivity index (χ2v) is 7.70. The summed E-state index contributed by atoms with van der Waals surface area (Å²) in [5.74, 6) is -0.921. The molecule has 3 rings (SSSR count). The number of carbonyl (C=O) groups excluding carboxylic acids is 2. The third kappa shape index (κ3) is 5.68. The Morgan fingerprint density at radius 3 is 2.55 bits per heavy atom. The average Bonchev–Trinajstić information content (AvgIpc) is 3.07. The quantitative estimate of drug-likeness (QED) is 0.468. The molecule has 0 saturated carbocycles. The highest BCUT2D eigenvalue weighted by Crippen LogP contribution is 2.23. The van der Waals surface area contributed by atoms with Gasteiger partial charge < -0.3 is 10.1 Å². The van der Waals surface area contributed by atoms with Crippen molar-refractivity contribution in [3.63, 3.8) is 0 Å². The maximum absolute atomic E-state index is 13.1. The SMILES string of the molecule is Cc1cc(NC(=O)COC(=O)C(C)Sc2ccccc2)n(-c2ccc(F)cc2)n1. The Bertz CT molecular complexity index is 990. The fourth-order valence-electron chi connectivity index (χ4n) is 2.55. The molecule has 3 aromatic rings. The van der Waals surface area contributed by atoms with Crippen LogP contribution in [0, 0.1) is 12.7 Å². The molecule has 0 aliphatic carbocycles. The molecule has 0 spiro atoms. The van der Waals surface area contributed by atoms with Crippen LogP contribution in [0.1, 0.15) is 12.6 Å². The first-order valence-electron chi connectivity index (χ1n) is 8.93. The maximum atomic E-state index is 13.1. The Hall–Kier alpha value is -3.13. The Labute approximate surface area is 172 Å². The van der Waals surface area contributed by atoms with E-state index in [-0.39, 0.29) is 5.82 Å². The minimum Gasteiger partial charge on any atom is -0.455 e. The van der Waals surface area contributed by atoms with E-state index in [2.05, 4.69) is 10.4 Å². The topological polar surface area (TPSA) is 73.2 Å². The molecule has 0 saturated heterocycles. The normalized spacial score (nSPS) is 11.7. The summed E-state index contributed by atoms with van der Waals surface area (Å²) in [7, 11) is 0. The van der Waals surface area contributed by atoms with Crippen molar-refractivity contribution >= 4 is 29.5 Å². The van der Waals surface area contributed by atoms with Crippen LogP contribution in [0.5, 0.6) is 0 Å².